The first-order valence-corrected chi connectivity index (χ1v) is 7.99. The molecule has 0 bridgehead atoms. The first kappa shape index (κ1) is 15.7. The van der Waals surface area contributed by atoms with Crippen molar-refractivity contribution in [2.45, 2.75) is 25.8 Å². The number of carboxylic acid groups (broad SMARTS) is 1. The van der Waals surface area contributed by atoms with Gasteiger partial charge >= 0.3 is 5.97 Å². The molecule has 0 radical (unpaired) electrons. The van der Waals surface area contributed by atoms with Gasteiger partial charge in [-0.1, -0.05) is 6.92 Å². The lowest BCUT2D eigenvalue weighted by atomic mass is 10.1. The number of hydrogen-bond acceptors (Lipinski definition) is 4. The van der Waals surface area contributed by atoms with Crippen LogP contribution in [0.25, 0.3) is 6.08 Å². The van der Waals surface area contributed by atoms with Gasteiger partial charge in [-0.05, 0) is 49.0 Å². The van der Waals surface area contributed by atoms with E-state index in [1.165, 1.54) is 17.4 Å². The highest BCUT2D eigenvalue weighted by Crippen LogP contribution is 2.19. The Kier molecular flexibility index (Phi) is 5.52. The van der Waals surface area contributed by atoms with Crippen LogP contribution in [0.4, 0.5) is 0 Å². The minimum absolute atomic E-state index is 0.113. The predicted molar refractivity (Wildman–Crippen MR) is 83.6 cm³/mol. The van der Waals surface area contributed by atoms with Gasteiger partial charge < -0.3 is 15.3 Å². The molecule has 0 aromatic carbocycles. The first-order chi connectivity index (χ1) is 10.1. The van der Waals surface area contributed by atoms with Gasteiger partial charge in [0, 0.05) is 18.7 Å². The van der Waals surface area contributed by atoms with Gasteiger partial charge in [-0.15, -0.1) is 11.3 Å². The minimum atomic E-state index is -1.02. The van der Waals surface area contributed by atoms with Crippen molar-refractivity contribution in [3.05, 3.63) is 28.0 Å². The zero-order valence-electron chi connectivity index (χ0n) is 12.0. The summed E-state index contributed by atoms with van der Waals surface area (Å²) >= 11 is 1.33. The van der Waals surface area contributed by atoms with Gasteiger partial charge in [-0.2, -0.15) is 0 Å². The van der Waals surface area contributed by atoms with Crippen LogP contribution in [0, 0.1) is 0 Å². The van der Waals surface area contributed by atoms with Crippen molar-refractivity contribution >= 4 is 29.3 Å². The molecule has 21 heavy (non-hydrogen) atoms. The molecule has 1 amide bonds. The topological polar surface area (TPSA) is 69.6 Å². The maximum absolute atomic E-state index is 12.3. The maximum Gasteiger partial charge on any atom is 0.328 e. The molecule has 114 valence electrons. The number of nitrogens with zero attached hydrogens (tertiary/aromatic N) is 1. The molecule has 1 saturated heterocycles. The van der Waals surface area contributed by atoms with Crippen LogP contribution in [0.15, 0.2) is 17.5 Å². The van der Waals surface area contributed by atoms with Crippen LogP contribution in [0.3, 0.4) is 0 Å². The van der Waals surface area contributed by atoms with Crippen LogP contribution < -0.4 is 5.32 Å². The maximum atomic E-state index is 12.3. The van der Waals surface area contributed by atoms with Crippen molar-refractivity contribution in [3.63, 3.8) is 0 Å². The van der Waals surface area contributed by atoms with E-state index in [9.17, 15) is 9.59 Å². The molecule has 1 fully saturated rings. The van der Waals surface area contributed by atoms with Crippen LogP contribution in [-0.2, 0) is 4.79 Å². The zero-order chi connectivity index (χ0) is 15.2. The molecule has 1 aromatic rings. The number of hydrogen-bond donors (Lipinski definition) is 2. The summed E-state index contributed by atoms with van der Waals surface area (Å²) in [4.78, 5) is 25.8. The molecular formula is C15H20N2O3S. The molecule has 6 heteroatoms. The molecule has 0 spiro atoms. The molecule has 0 saturated carbocycles. The molecule has 5 nitrogen and oxygen atoms in total. The molecule has 0 aliphatic carbocycles. The smallest absolute Gasteiger partial charge is 0.328 e. The number of carbonyl (C=O) groups is 2. The Morgan fingerprint density at radius 2 is 2.38 bits per heavy atom. The molecule has 2 heterocycles. The first-order valence-electron chi connectivity index (χ1n) is 7.12. The highest BCUT2D eigenvalue weighted by Gasteiger charge is 2.22. The Hall–Kier alpha value is -1.66. The molecule has 2 N–H and O–H groups in total. The molecular weight excluding hydrogens is 288 g/mol. The Morgan fingerprint density at radius 1 is 1.57 bits per heavy atom. The zero-order valence-corrected chi connectivity index (χ0v) is 12.9. The van der Waals surface area contributed by atoms with E-state index in [0.717, 1.165) is 38.6 Å². The lowest BCUT2D eigenvalue weighted by molar-refractivity contribution is -0.131. The van der Waals surface area contributed by atoms with E-state index in [1.54, 1.807) is 11.4 Å². The number of likely N-dealkylation sites (tertiary alicyclic amines) is 1. The third kappa shape index (κ3) is 4.41. The summed E-state index contributed by atoms with van der Waals surface area (Å²) in [6.07, 6.45) is 4.61. The van der Waals surface area contributed by atoms with Crippen LogP contribution in [0.5, 0.6) is 0 Å². The highest BCUT2D eigenvalue weighted by molar-refractivity contribution is 7.12. The van der Waals surface area contributed by atoms with E-state index < -0.39 is 5.97 Å². The van der Waals surface area contributed by atoms with E-state index in [4.69, 9.17) is 5.11 Å². The van der Waals surface area contributed by atoms with Crippen molar-refractivity contribution < 1.29 is 14.7 Å². The number of piperidine rings is 1. The van der Waals surface area contributed by atoms with Crippen molar-refractivity contribution in [3.8, 4) is 0 Å². The third-order valence-corrected chi connectivity index (χ3v) is 4.52. The van der Waals surface area contributed by atoms with Gasteiger partial charge in [-0.25, -0.2) is 4.79 Å². The van der Waals surface area contributed by atoms with Crippen LogP contribution in [0.1, 0.15) is 35.0 Å². The summed E-state index contributed by atoms with van der Waals surface area (Å²) in [5.41, 5.74) is 0.656. The Labute approximate surface area is 128 Å². The van der Waals surface area contributed by atoms with Crippen LogP contribution in [0.2, 0.25) is 0 Å². The van der Waals surface area contributed by atoms with E-state index >= 15 is 0 Å². The number of rotatable bonds is 5. The number of carbonyl (C=O) groups excluding carboxylic acids is 1. The molecule has 1 aliphatic heterocycles. The van der Waals surface area contributed by atoms with Gasteiger partial charge in [0.2, 0.25) is 0 Å². The monoisotopic (exact) mass is 308 g/mol. The fourth-order valence-electron chi connectivity index (χ4n) is 2.51. The number of likely N-dealkylation sites (N-methyl/N-ethyl adjacent to an activating group) is 1. The second-order valence-electron chi connectivity index (χ2n) is 5.08. The minimum Gasteiger partial charge on any atom is -0.478 e. The standard InChI is InChI=1S/C15H20N2O3S/c1-2-17-8-3-4-12(10-17)16-15(20)14-11(7-9-21-14)5-6-13(18)19/h5-7,9,12H,2-4,8,10H2,1H3,(H,16,20)(H,18,19). The largest absolute Gasteiger partial charge is 0.478 e. The van der Waals surface area contributed by atoms with Gasteiger partial charge in [0.15, 0.2) is 0 Å². The molecule has 2 rings (SSSR count). The average Bonchev–Trinajstić information content (AvgIpc) is 2.93. The summed E-state index contributed by atoms with van der Waals surface area (Å²) in [6, 6.07) is 1.93. The highest BCUT2D eigenvalue weighted by atomic mass is 32.1. The predicted octanol–water partition coefficient (Wildman–Crippen LogP) is 2.06. The van der Waals surface area contributed by atoms with E-state index in [2.05, 4.69) is 17.1 Å². The summed E-state index contributed by atoms with van der Waals surface area (Å²) < 4.78 is 0. The van der Waals surface area contributed by atoms with Gasteiger partial charge in [0.25, 0.3) is 5.91 Å². The van der Waals surface area contributed by atoms with Crippen molar-refractivity contribution in [1.82, 2.24) is 10.2 Å². The van der Waals surface area contributed by atoms with Gasteiger partial charge in [-0.3, -0.25) is 4.79 Å². The molecule has 1 unspecified atom stereocenters. The normalized spacial score (nSPS) is 19.8. The Bertz CT molecular complexity index is 539. The van der Waals surface area contributed by atoms with E-state index in [1.807, 2.05) is 0 Å². The number of thiophene rings is 1. The Balaban J connectivity index is 2.00. The Morgan fingerprint density at radius 3 is 3.10 bits per heavy atom. The summed E-state index contributed by atoms with van der Waals surface area (Å²) in [5, 5.41) is 13.5. The van der Waals surface area contributed by atoms with Crippen molar-refractivity contribution in [2.75, 3.05) is 19.6 Å². The van der Waals surface area contributed by atoms with Gasteiger partial charge in [0.1, 0.15) is 0 Å². The average molecular weight is 308 g/mol. The van der Waals surface area contributed by atoms with Gasteiger partial charge in [0.05, 0.1) is 4.88 Å². The SMILES string of the molecule is CCN1CCCC(NC(=O)c2sccc2C=CC(=O)O)C1. The van der Waals surface area contributed by atoms with Crippen molar-refractivity contribution in [2.24, 2.45) is 0 Å². The molecule has 1 aliphatic rings. The summed E-state index contributed by atoms with van der Waals surface area (Å²) in [7, 11) is 0. The number of carboxylic acids is 1. The quantitative estimate of drug-likeness (QED) is 0.817. The second kappa shape index (κ2) is 7.38. The lowest BCUT2D eigenvalue weighted by Crippen LogP contribution is -2.47. The van der Waals surface area contributed by atoms with Crippen LogP contribution in [-0.4, -0.2) is 47.6 Å². The second-order valence-corrected chi connectivity index (χ2v) is 6.00. The lowest BCUT2D eigenvalue weighted by Gasteiger charge is -2.32. The number of nitrogens with one attached hydrogen (secondary N) is 1. The van der Waals surface area contributed by atoms with Crippen LogP contribution >= 0.6 is 11.3 Å². The van der Waals surface area contributed by atoms with E-state index in [-0.39, 0.29) is 11.9 Å². The third-order valence-electron chi connectivity index (χ3n) is 3.60. The summed E-state index contributed by atoms with van der Waals surface area (Å²) in [6.45, 7) is 5.10. The van der Waals surface area contributed by atoms with Crippen molar-refractivity contribution in [1.29, 1.82) is 0 Å². The fourth-order valence-corrected chi connectivity index (χ4v) is 3.30. The number of aliphatic carboxylic acids is 1. The van der Waals surface area contributed by atoms with E-state index in [0.29, 0.717) is 10.4 Å². The molecule has 1 atom stereocenters. The number of amides is 1. The molecule has 1 aromatic heterocycles. The fraction of sp³-hybridized carbons (Fsp3) is 0.467. The summed E-state index contributed by atoms with van der Waals surface area (Å²) in [5.74, 6) is -1.13.